The molecule has 0 aliphatic carbocycles. The molecule has 112 valence electrons. The van der Waals surface area contributed by atoms with Crippen LogP contribution in [0.3, 0.4) is 0 Å². The lowest BCUT2D eigenvalue weighted by atomic mass is 10.1. The van der Waals surface area contributed by atoms with Crippen molar-refractivity contribution in [2.75, 3.05) is 6.54 Å². The van der Waals surface area contributed by atoms with Crippen LogP contribution in [0, 0.1) is 5.82 Å². The summed E-state index contributed by atoms with van der Waals surface area (Å²) in [5, 5.41) is 6.34. The summed E-state index contributed by atoms with van der Waals surface area (Å²) in [5.41, 5.74) is 0.512. The van der Waals surface area contributed by atoms with Gasteiger partial charge in [-0.15, -0.1) is 0 Å². The summed E-state index contributed by atoms with van der Waals surface area (Å²) < 4.78 is 13.4. The van der Waals surface area contributed by atoms with Crippen LogP contribution in [0.15, 0.2) is 12.1 Å². The van der Waals surface area contributed by atoms with E-state index in [4.69, 9.17) is 23.2 Å². The van der Waals surface area contributed by atoms with Crippen molar-refractivity contribution < 1.29 is 9.18 Å². The van der Waals surface area contributed by atoms with Crippen LogP contribution in [0.4, 0.5) is 4.39 Å². The number of hydrogen-bond acceptors (Lipinski definition) is 2. The largest absolute Gasteiger partial charge is 0.354 e. The van der Waals surface area contributed by atoms with Gasteiger partial charge in [0.25, 0.3) is 0 Å². The van der Waals surface area contributed by atoms with E-state index in [1.54, 1.807) is 0 Å². The molecule has 3 nitrogen and oxygen atoms in total. The normalized spacial score (nSPS) is 12.6. The maximum absolute atomic E-state index is 13.4. The summed E-state index contributed by atoms with van der Waals surface area (Å²) in [6, 6.07) is 2.59. The minimum absolute atomic E-state index is 0.0177. The van der Waals surface area contributed by atoms with Crippen LogP contribution in [-0.2, 0) is 4.79 Å². The summed E-state index contributed by atoms with van der Waals surface area (Å²) in [7, 11) is 0. The molecule has 0 aliphatic heterocycles. The molecule has 0 fully saturated rings. The SMILES string of the molecule is CC(C)NC(=O)CCNC(C)c1c(Cl)ccc(F)c1Cl. The van der Waals surface area contributed by atoms with Crippen LogP contribution in [0.25, 0.3) is 0 Å². The highest BCUT2D eigenvalue weighted by Gasteiger charge is 2.16. The van der Waals surface area contributed by atoms with E-state index in [-0.39, 0.29) is 23.0 Å². The first-order valence-electron chi connectivity index (χ1n) is 6.49. The number of hydrogen-bond donors (Lipinski definition) is 2. The Kier molecular flexibility index (Phi) is 6.72. The van der Waals surface area contributed by atoms with E-state index in [0.717, 1.165) is 0 Å². The van der Waals surface area contributed by atoms with E-state index in [1.807, 2.05) is 20.8 Å². The summed E-state index contributed by atoms with van der Waals surface area (Å²) in [6.07, 6.45) is 0.340. The van der Waals surface area contributed by atoms with Crippen molar-refractivity contribution in [2.24, 2.45) is 0 Å². The molecule has 20 heavy (non-hydrogen) atoms. The second-order valence-corrected chi connectivity index (χ2v) is 5.69. The maximum Gasteiger partial charge on any atom is 0.221 e. The van der Waals surface area contributed by atoms with Crippen LogP contribution in [0.5, 0.6) is 0 Å². The second-order valence-electron chi connectivity index (χ2n) is 4.90. The first-order chi connectivity index (χ1) is 9.32. The molecule has 0 radical (unpaired) electrons. The van der Waals surface area contributed by atoms with Gasteiger partial charge in [0.15, 0.2) is 0 Å². The van der Waals surface area contributed by atoms with Crippen LogP contribution in [0.1, 0.15) is 38.8 Å². The zero-order valence-electron chi connectivity index (χ0n) is 11.8. The van der Waals surface area contributed by atoms with Crippen molar-refractivity contribution >= 4 is 29.1 Å². The van der Waals surface area contributed by atoms with Gasteiger partial charge in [0.05, 0.1) is 5.02 Å². The molecular formula is C14H19Cl2FN2O. The highest BCUT2D eigenvalue weighted by atomic mass is 35.5. The molecule has 1 aromatic carbocycles. The molecule has 1 unspecified atom stereocenters. The average molecular weight is 321 g/mol. The number of benzene rings is 1. The summed E-state index contributed by atoms with van der Waals surface area (Å²) in [4.78, 5) is 11.5. The highest BCUT2D eigenvalue weighted by Crippen LogP contribution is 2.32. The molecule has 0 aliphatic rings. The van der Waals surface area contributed by atoms with Gasteiger partial charge >= 0.3 is 0 Å². The number of carbonyl (C=O) groups excluding carboxylic acids is 1. The molecule has 6 heteroatoms. The smallest absolute Gasteiger partial charge is 0.221 e. The molecule has 0 aromatic heterocycles. The number of amides is 1. The maximum atomic E-state index is 13.4. The highest BCUT2D eigenvalue weighted by molar-refractivity contribution is 6.36. The van der Waals surface area contributed by atoms with E-state index in [1.165, 1.54) is 12.1 Å². The van der Waals surface area contributed by atoms with Crippen molar-refractivity contribution in [3.8, 4) is 0 Å². The van der Waals surface area contributed by atoms with E-state index in [2.05, 4.69) is 10.6 Å². The number of halogens is 3. The Morgan fingerprint density at radius 3 is 2.55 bits per heavy atom. The van der Waals surface area contributed by atoms with Gasteiger partial charge < -0.3 is 10.6 Å². The molecule has 1 amide bonds. The summed E-state index contributed by atoms with van der Waals surface area (Å²) >= 11 is 12.0. The molecule has 1 atom stereocenters. The van der Waals surface area contributed by atoms with Crippen molar-refractivity contribution in [3.05, 3.63) is 33.6 Å². The van der Waals surface area contributed by atoms with Crippen LogP contribution < -0.4 is 10.6 Å². The number of nitrogens with one attached hydrogen (secondary N) is 2. The lowest BCUT2D eigenvalue weighted by Crippen LogP contribution is -2.33. The third-order valence-corrected chi connectivity index (χ3v) is 3.48. The van der Waals surface area contributed by atoms with Gasteiger partial charge in [-0.1, -0.05) is 23.2 Å². The Hall–Kier alpha value is -0.840. The third-order valence-electron chi connectivity index (χ3n) is 2.76. The van der Waals surface area contributed by atoms with E-state index < -0.39 is 5.82 Å². The molecule has 1 rings (SSSR count). The minimum atomic E-state index is -0.503. The van der Waals surface area contributed by atoms with Gasteiger partial charge in [-0.25, -0.2) is 4.39 Å². The van der Waals surface area contributed by atoms with Crippen molar-refractivity contribution in [3.63, 3.8) is 0 Å². The van der Waals surface area contributed by atoms with Gasteiger partial charge in [0.1, 0.15) is 5.82 Å². The first kappa shape index (κ1) is 17.2. The Bertz CT molecular complexity index is 480. The van der Waals surface area contributed by atoms with Crippen molar-refractivity contribution in [1.82, 2.24) is 10.6 Å². The third kappa shape index (κ3) is 4.93. The van der Waals surface area contributed by atoms with Crippen molar-refractivity contribution in [1.29, 1.82) is 0 Å². The fraction of sp³-hybridized carbons (Fsp3) is 0.500. The zero-order chi connectivity index (χ0) is 15.3. The lowest BCUT2D eigenvalue weighted by Gasteiger charge is -2.17. The topological polar surface area (TPSA) is 41.1 Å². The predicted octanol–water partition coefficient (Wildman–Crippen LogP) is 3.70. The van der Waals surface area contributed by atoms with E-state index in [0.29, 0.717) is 23.6 Å². The minimum Gasteiger partial charge on any atom is -0.354 e. The predicted molar refractivity (Wildman–Crippen MR) is 80.7 cm³/mol. The standard InChI is InChI=1S/C14H19Cl2FN2O/c1-8(2)19-12(20)6-7-18-9(3)13-10(15)4-5-11(17)14(13)16/h4-5,8-9,18H,6-7H2,1-3H3,(H,19,20). The van der Waals surface area contributed by atoms with Crippen LogP contribution >= 0.6 is 23.2 Å². The quantitative estimate of drug-likeness (QED) is 0.785. The molecule has 1 aromatic rings. The molecule has 0 saturated heterocycles. The lowest BCUT2D eigenvalue weighted by molar-refractivity contribution is -0.121. The zero-order valence-corrected chi connectivity index (χ0v) is 13.3. The number of rotatable bonds is 6. The molecular weight excluding hydrogens is 302 g/mol. The second kappa shape index (κ2) is 7.81. The monoisotopic (exact) mass is 320 g/mol. The summed E-state index contributed by atoms with van der Waals surface area (Å²) in [5.74, 6) is -0.534. The Labute approximate surface area is 128 Å². The van der Waals surface area contributed by atoms with Gasteiger partial charge in [0.2, 0.25) is 5.91 Å². The number of carbonyl (C=O) groups is 1. The van der Waals surface area contributed by atoms with Gasteiger partial charge in [-0.3, -0.25) is 4.79 Å². The van der Waals surface area contributed by atoms with Crippen molar-refractivity contribution in [2.45, 2.75) is 39.3 Å². The van der Waals surface area contributed by atoms with Crippen LogP contribution in [0.2, 0.25) is 10.0 Å². The van der Waals surface area contributed by atoms with Gasteiger partial charge in [-0.05, 0) is 32.9 Å². The van der Waals surface area contributed by atoms with Crippen LogP contribution in [-0.4, -0.2) is 18.5 Å². The van der Waals surface area contributed by atoms with Gasteiger partial charge in [0, 0.05) is 35.6 Å². The molecule has 2 N–H and O–H groups in total. The average Bonchev–Trinajstić information content (AvgIpc) is 2.33. The molecule has 0 heterocycles. The summed E-state index contributed by atoms with van der Waals surface area (Å²) in [6.45, 7) is 6.09. The fourth-order valence-corrected chi connectivity index (χ4v) is 2.54. The molecule has 0 saturated carbocycles. The Morgan fingerprint density at radius 2 is 1.95 bits per heavy atom. The molecule has 0 spiro atoms. The molecule has 0 bridgehead atoms. The first-order valence-corrected chi connectivity index (χ1v) is 7.24. The Morgan fingerprint density at radius 1 is 1.30 bits per heavy atom. The van der Waals surface area contributed by atoms with E-state index >= 15 is 0 Å². The van der Waals surface area contributed by atoms with Gasteiger partial charge in [-0.2, -0.15) is 0 Å². The Balaban J connectivity index is 2.58. The van der Waals surface area contributed by atoms with E-state index in [9.17, 15) is 9.18 Å². The fourth-order valence-electron chi connectivity index (χ4n) is 1.84.